The summed E-state index contributed by atoms with van der Waals surface area (Å²) in [4.78, 5) is 45.6. The molecular formula is C22H34N6O5S. The van der Waals surface area contributed by atoms with Gasteiger partial charge in [-0.15, -0.1) is 11.8 Å². The Morgan fingerprint density at radius 2 is 1.85 bits per heavy atom. The van der Waals surface area contributed by atoms with E-state index in [4.69, 9.17) is 11.1 Å². The molecule has 0 aromatic rings. The van der Waals surface area contributed by atoms with E-state index in [0.29, 0.717) is 44.0 Å². The zero-order valence-corrected chi connectivity index (χ0v) is 20.6. The number of guanidine groups is 1. The molecule has 34 heavy (non-hydrogen) atoms. The third kappa shape index (κ3) is 4.16. The van der Waals surface area contributed by atoms with Gasteiger partial charge in [0, 0.05) is 48.8 Å². The van der Waals surface area contributed by atoms with Crippen molar-refractivity contribution < 1.29 is 24.6 Å². The normalized spacial score (nSPS) is 33.0. The van der Waals surface area contributed by atoms with Crippen LogP contribution < -0.4 is 5.73 Å². The zero-order valence-electron chi connectivity index (χ0n) is 19.8. The molecule has 4 rings (SSSR count). The van der Waals surface area contributed by atoms with Crippen molar-refractivity contribution in [3.63, 3.8) is 0 Å². The maximum atomic E-state index is 13.3. The van der Waals surface area contributed by atoms with Crippen LogP contribution in [0.3, 0.4) is 0 Å². The van der Waals surface area contributed by atoms with Crippen LogP contribution in [0, 0.1) is 17.2 Å². The molecule has 0 aliphatic carbocycles. The number of thioether (sulfide) groups is 1. The summed E-state index contributed by atoms with van der Waals surface area (Å²) >= 11 is 1.46. The van der Waals surface area contributed by atoms with Crippen molar-refractivity contribution in [2.45, 2.75) is 50.1 Å². The first-order chi connectivity index (χ1) is 16.0. The van der Waals surface area contributed by atoms with Crippen LogP contribution in [-0.4, -0.2) is 117 Å². The monoisotopic (exact) mass is 494 g/mol. The lowest BCUT2D eigenvalue weighted by Crippen LogP contribution is -2.63. The molecule has 188 valence electrons. The third-order valence-corrected chi connectivity index (χ3v) is 9.04. The molecule has 6 atom stereocenters. The number of aliphatic hydroxyl groups is 1. The minimum atomic E-state index is -1.13. The summed E-state index contributed by atoms with van der Waals surface area (Å²) in [5, 5.41) is 27.6. The predicted octanol–water partition coefficient (Wildman–Crippen LogP) is -0.626. The number of aliphatic hydroxyl groups excluding tert-OH is 1. The lowest BCUT2D eigenvalue weighted by Gasteiger charge is -2.46. The number of aliphatic carboxylic acids is 1. The van der Waals surface area contributed by atoms with E-state index < -0.39 is 18.0 Å². The fraction of sp³-hybridized carbons (Fsp3) is 0.727. The lowest BCUT2D eigenvalue weighted by molar-refractivity contribution is -0.163. The Balaban J connectivity index is 1.45. The average Bonchev–Trinajstić information content (AvgIpc) is 3.09. The van der Waals surface area contributed by atoms with Gasteiger partial charge in [0.05, 0.1) is 24.1 Å². The summed E-state index contributed by atoms with van der Waals surface area (Å²) in [5.74, 6) is -2.16. The molecule has 2 amide bonds. The van der Waals surface area contributed by atoms with Crippen molar-refractivity contribution >= 4 is 35.5 Å². The molecule has 0 aromatic heterocycles. The van der Waals surface area contributed by atoms with Crippen molar-refractivity contribution in [2.75, 3.05) is 39.8 Å². The van der Waals surface area contributed by atoms with Gasteiger partial charge in [0.15, 0.2) is 5.96 Å². The van der Waals surface area contributed by atoms with Gasteiger partial charge in [0.1, 0.15) is 5.70 Å². The van der Waals surface area contributed by atoms with Crippen LogP contribution >= 0.6 is 11.8 Å². The average molecular weight is 495 g/mol. The van der Waals surface area contributed by atoms with E-state index in [-0.39, 0.29) is 46.7 Å². The number of carbonyl (C=O) groups is 3. The number of carboxylic acids is 1. The SMILES string of the molecule is CC(O)C1C(=O)N2C(C(=O)O)=C(SC3CC(C(=O)N4CCCN(C(=N)N)CC4)N(C)C3)C(C)[C@@H]12. The summed E-state index contributed by atoms with van der Waals surface area (Å²) in [6.07, 6.45) is 0.513. The summed E-state index contributed by atoms with van der Waals surface area (Å²) in [5.41, 5.74) is 5.64. The maximum Gasteiger partial charge on any atom is 0.353 e. The third-order valence-electron chi connectivity index (χ3n) is 7.55. The first-order valence-corrected chi connectivity index (χ1v) is 12.6. The van der Waals surface area contributed by atoms with E-state index in [1.54, 1.807) is 11.8 Å². The number of nitrogens with one attached hydrogen (secondary N) is 1. The highest BCUT2D eigenvalue weighted by molar-refractivity contribution is 8.03. The molecule has 4 aliphatic rings. The second kappa shape index (κ2) is 9.38. The number of fused-ring (bicyclic) bond motifs is 1. The molecule has 3 fully saturated rings. The second-order valence-electron chi connectivity index (χ2n) is 9.75. The second-order valence-corrected chi connectivity index (χ2v) is 11.1. The number of β-lactam (4-membered cyclic amide) rings is 1. The van der Waals surface area contributed by atoms with Gasteiger partial charge in [-0.1, -0.05) is 6.92 Å². The fourth-order valence-electron chi connectivity index (χ4n) is 5.77. The Bertz CT molecular complexity index is 925. The first kappa shape index (κ1) is 24.8. The number of hydrogen-bond acceptors (Lipinski definition) is 7. The van der Waals surface area contributed by atoms with E-state index in [1.165, 1.54) is 16.7 Å². The number of carboxylic acid groups (broad SMARTS) is 1. The highest BCUT2D eigenvalue weighted by Gasteiger charge is 2.60. The summed E-state index contributed by atoms with van der Waals surface area (Å²) < 4.78 is 0. The number of hydrogen-bond donors (Lipinski definition) is 4. The zero-order chi connectivity index (χ0) is 24.9. The van der Waals surface area contributed by atoms with Crippen molar-refractivity contribution in [1.82, 2.24) is 19.6 Å². The van der Waals surface area contributed by atoms with Crippen LogP contribution in [0.2, 0.25) is 0 Å². The van der Waals surface area contributed by atoms with Gasteiger partial charge in [0.2, 0.25) is 11.8 Å². The van der Waals surface area contributed by atoms with Crippen molar-refractivity contribution in [3.05, 3.63) is 10.6 Å². The van der Waals surface area contributed by atoms with Crippen molar-refractivity contribution in [1.29, 1.82) is 5.41 Å². The molecule has 5 unspecified atom stereocenters. The Morgan fingerprint density at radius 3 is 2.47 bits per heavy atom. The number of nitrogens with zero attached hydrogens (tertiary/aromatic N) is 4. The largest absolute Gasteiger partial charge is 0.477 e. The molecule has 0 spiro atoms. The predicted molar refractivity (Wildman–Crippen MR) is 127 cm³/mol. The van der Waals surface area contributed by atoms with Gasteiger partial charge in [0.25, 0.3) is 0 Å². The van der Waals surface area contributed by atoms with E-state index in [2.05, 4.69) is 0 Å². The summed E-state index contributed by atoms with van der Waals surface area (Å²) in [6.45, 7) is 6.45. The highest BCUT2D eigenvalue weighted by atomic mass is 32.2. The molecule has 12 heteroatoms. The Hall–Kier alpha value is -2.31. The molecular weight excluding hydrogens is 460 g/mol. The quantitative estimate of drug-likeness (QED) is 0.222. The number of rotatable bonds is 5. The highest BCUT2D eigenvalue weighted by Crippen LogP contribution is 2.52. The number of carbonyl (C=O) groups excluding carboxylic acids is 2. The van der Waals surface area contributed by atoms with E-state index in [1.807, 2.05) is 23.8 Å². The van der Waals surface area contributed by atoms with Crippen LogP contribution in [0.1, 0.15) is 26.7 Å². The molecule has 11 nitrogen and oxygen atoms in total. The molecule has 0 aromatic carbocycles. The number of likely N-dealkylation sites (tertiary alicyclic amines) is 1. The Labute approximate surface area is 203 Å². The van der Waals surface area contributed by atoms with Gasteiger partial charge in [-0.25, -0.2) is 4.79 Å². The summed E-state index contributed by atoms with van der Waals surface area (Å²) in [7, 11) is 1.91. The van der Waals surface area contributed by atoms with Gasteiger partial charge in [-0.05, 0) is 26.8 Å². The summed E-state index contributed by atoms with van der Waals surface area (Å²) in [6, 6.07) is -0.630. The van der Waals surface area contributed by atoms with Crippen molar-refractivity contribution in [3.8, 4) is 0 Å². The minimum absolute atomic E-state index is 0.0187. The Kier molecular flexibility index (Phi) is 6.85. The van der Waals surface area contributed by atoms with E-state index in [9.17, 15) is 24.6 Å². The lowest BCUT2D eigenvalue weighted by atomic mass is 9.79. The number of amides is 2. The van der Waals surface area contributed by atoms with Crippen LogP contribution in [0.5, 0.6) is 0 Å². The molecule has 0 bridgehead atoms. The topological polar surface area (TPSA) is 154 Å². The smallest absolute Gasteiger partial charge is 0.353 e. The number of nitrogens with two attached hydrogens (primary N) is 1. The molecule has 3 saturated heterocycles. The Morgan fingerprint density at radius 1 is 1.21 bits per heavy atom. The van der Waals surface area contributed by atoms with Crippen LogP contribution in [0.25, 0.3) is 0 Å². The van der Waals surface area contributed by atoms with Crippen LogP contribution in [0.15, 0.2) is 10.6 Å². The molecule has 0 radical (unpaired) electrons. The van der Waals surface area contributed by atoms with Crippen LogP contribution in [0.4, 0.5) is 0 Å². The first-order valence-electron chi connectivity index (χ1n) is 11.8. The molecule has 4 aliphatic heterocycles. The van der Waals surface area contributed by atoms with Gasteiger partial charge in [-0.3, -0.25) is 19.9 Å². The minimum Gasteiger partial charge on any atom is -0.477 e. The van der Waals surface area contributed by atoms with Gasteiger partial charge in [-0.2, -0.15) is 0 Å². The van der Waals surface area contributed by atoms with Gasteiger partial charge < -0.3 is 30.6 Å². The molecule has 4 heterocycles. The number of likely N-dealkylation sites (N-methyl/N-ethyl adjacent to an activating group) is 1. The van der Waals surface area contributed by atoms with Crippen LogP contribution in [-0.2, 0) is 14.4 Å². The maximum absolute atomic E-state index is 13.3. The molecule has 0 saturated carbocycles. The molecule has 5 N–H and O–H groups in total. The van der Waals surface area contributed by atoms with Crippen molar-refractivity contribution in [2.24, 2.45) is 17.6 Å². The fourth-order valence-corrected chi connectivity index (χ4v) is 7.37. The standard InChI is InChI=1S/C22H34N6O5S/c1-11-16-15(12(2)29)20(31)28(16)17(21(32)33)18(11)34-13-9-14(25(3)10-13)19(30)26-5-4-6-27(8-7-26)22(23)24/h11-16,29H,4-10H2,1-3H3,(H3,23,24)(H,32,33)/t11?,12?,13?,14?,15?,16-/m0/s1. The van der Waals surface area contributed by atoms with E-state index >= 15 is 0 Å². The van der Waals surface area contributed by atoms with E-state index in [0.717, 1.165) is 6.42 Å². The van der Waals surface area contributed by atoms with Gasteiger partial charge >= 0.3 is 5.97 Å².